The van der Waals surface area contributed by atoms with E-state index in [1.54, 1.807) is 7.11 Å². The zero-order chi connectivity index (χ0) is 14.6. The molecule has 0 saturated heterocycles. The summed E-state index contributed by atoms with van der Waals surface area (Å²) in [4.78, 5) is 0. The summed E-state index contributed by atoms with van der Waals surface area (Å²) in [5.41, 5.74) is 3.34. The van der Waals surface area contributed by atoms with E-state index in [0.717, 1.165) is 12.2 Å². The maximum absolute atomic E-state index is 9.85. The molecular weight excluding hydrogens is 248 g/mol. The summed E-state index contributed by atoms with van der Waals surface area (Å²) in [7, 11) is 1.67. The van der Waals surface area contributed by atoms with Crippen molar-refractivity contribution < 1.29 is 9.84 Å². The summed E-state index contributed by atoms with van der Waals surface area (Å²) in [5.74, 6) is 0.856. The summed E-state index contributed by atoms with van der Waals surface area (Å²) in [6.45, 7) is 4.30. The van der Waals surface area contributed by atoms with Crippen LogP contribution in [0, 0.1) is 6.92 Å². The maximum Gasteiger partial charge on any atom is 0.118 e. The number of hydrogen-bond acceptors (Lipinski definition) is 2. The van der Waals surface area contributed by atoms with Crippen LogP contribution >= 0.6 is 0 Å². The Morgan fingerprint density at radius 2 is 1.60 bits per heavy atom. The Kier molecular flexibility index (Phi) is 4.46. The molecule has 20 heavy (non-hydrogen) atoms. The summed E-state index contributed by atoms with van der Waals surface area (Å²) in [6, 6.07) is 16.4. The van der Waals surface area contributed by atoms with E-state index in [-0.39, 0.29) is 12.0 Å². The standard InChI is InChI=1S/C18H22O2/c1-14-4-8-16(9-5-14)18(2,13-19)12-15-6-10-17(20-3)11-7-15/h4-11,19H,12-13H2,1-3H3. The van der Waals surface area contributed by atoms with Gasteiger partial charge in [-0.25, -0.2) is 0 Å². The van der Waals surface area contributed by atoms with E-state index in [4.69, 9.17) is 4.74 Å². The molecule has 0 aliphatic carbocycles. The van der Waals surface area contributed by atoms with Crippen LogP contribution in [0.1, 0.15) is 23.6 Å². The van der Waals surface area contributed by atoms with Crippen molar-refractivity contribution >= 4 is 0 Å². The highest BCUT2D eigenvalue weighted by Gasteiger charge is 2.26. The fourth-order valence-corrected chi connectivity index (χ4v) is 2.40. The molecule has 0 heterocycles. The minimum atomic E-state index is -0.262. The van der Waals surface area contributed by atoms with Crippen molar-refractivity contribution in [2.75, 3.05) is 13.7 Å². The van der Waals surface area contributed by atoms with Gasteiger partial charge in [0, 0.05) is 5.41 Å². The summed E-state index contributed by atoms with van der Waals surface area (Å²) < 4.78 is 5.17. The van der Waals surface area contributed by atoms with Gasteiger partial charge < -0.3 is 9.84 Å². The van der Waals surface area contributed by atoms with E-state index in [1.165, 1.54) is 16.7 Å². The van der Waals surface area contributed by atoms with Gasteiger partial charge in [-0.3, -0.25) is 0 Å². The number of rotatable bonds is 5. The highest BCUT2D eigenvalue weighted by atomic mass is 16.5. The first-order valence-electron chi connectivity index (χ1n) is 6.88. The van der Waals surface area contributed by atoms with Crippen LogP contribution in [-0.4, -0.2) is 18.8 Å². The molecule has 0 aliphatic heterocycles. The van der Waals surface area contributed by atoms with Crippen molar-refractivity contribution in [1.82, 2.24) is 0 Å². The molecule has 2 nitrogen and oxygen atoms in total. The maximum atomic E-state index is 9.85. The molecule has 2 aromatic carbocycles. The van der Waals surface area contributed by atoms with Gasteiger partial charge in [0.2, 0.25) is 0 Å². The third-order valence-corrected chi connectivity index (χ3v) is 3.85. The van der Waals surface area contributed by atoms with Gasteiger partial charge in [-0.05, 0) is 36.6 Å². The van der Waals surface area contributed by atoms with Crippen LogP contribution in [0.4, 0.5) is 0 Å². The minimum Gasteiger partial charge on any atom is -0.497 e. The van der Waals surface area contributed by atoms with Crippen molar-refractivity contribution in [3.05, 3.63) is 65.2 Å². The van der Waals surface area contributed by atoms with Gasteiger partial charge in [-0.1, -0.05) is 48.9 Å². The molecular formula is C18H22O2. The Labute approximate surface area is 121 Å². The van der Waals surface area contributed by atoms with E-state index in [0.29, 0.717) is 0 Å². The number of benzene rings is 2. The van der Waals surface area contributed by atoms with Gasteiger partial charge in [-0.15, -0.1) is 0 Å². The van der Waals surface area contributed by atoms with Crippen molar-refractivity contribution in [1.29, 1.82) is 0 Å². The molecule has 0 aliphatic rings. The zero-order valence-electron chi connectivity index (χ0n) is 12.4. The Morgan fingerprint density at radius 1 is 1.00 bits per heavy atom. The van der Waals surface area contributed by atoms with E-state index in [9.17, 15) is 5.11 Å². The lowest BCUT2D eigenvalue weighted by Crippen LogP contribution is -2.29. The Bertz CT molecular complexity index is 543. The highest BCUT2D eigenvalue weighted by molar-refractivity contribution is 5.33. The second-order valence-corrected chi connectivity index (χ2v) is 5.61. The van der Waals surface area contributed by atoms with Gasteiger partial charge in [0.05, 0.1) is 13.7 Å². The zero-order valence-corrected chi connectivity index (χ0v) is 12.4. The predicted octanol–water partition coefficient (Wildman–Crippen LogP) is 3.50. The molecule has 2 heteroatoms. The molecule has 1 unspecified atom stereocenters. The minimum absolute atomic E-state index is 0.127. The third-order valence-electron chi connectivity index (χ3n) is 3.85. The van der Waals surface area contributed by atoms with Gasteiger partial charge in [0.15, 0.2) is 0 Å². The molecule has 2 rings (SSSR count). The number of aryl methyl sites for hydroxylation is 1. The molecule has 0 aromatic heterocycles. The average molecular weight is 270 g/mol. The van der Waals surface area contributed by atoms with Crippen molar-refractivity contribution in [3.8, 4) is 5.75 Å². The lowest BCUT2D eigenvalue weighted by Gasteiger charge is -2.28. The number of aliphatic hydroxyl groups excluding tert-OH is 1. The molecule has 0 radical (unpaired) electrons. The van der Waals surface area contributed by atoms with Crippen molar-refractivity contribution in [3.63, 3.8) is 0 Å². The summed E-state index contributed by atoms with van der Waals surface area (Å²) >= 11 is 0. The number of ether oxygens (including phenoxy) is 1. The first kappa shape index (κ1) is 14.6. The van der Waals surface area contributed by atoms with Gasteiger partial charge in [0.1, 0.15) is 5.75 Å². The first-order valence-corrected chi connectivity index (χ1v) is 6.88. The average Bonchev–Trinajstić information content (AvgIpc) is 2.48. The summed E-state index contributed by atoms with van der Waals surface area (Å²) in [5, 5.41) is 9.85. The summed E-state index contributed by atoms with van der Waals surface area (Å²) in [6.07, 6.45) is 0.802. The monoisotopic (exact) mass is 270 g/mol. The predicted molar refractivity (Wildman–Crippen MR) is 82.3 cm³/mol. The molecule has 106 valence electrons. The van der Waals surface area contributed by atoms with Gasteiger partial charge >= 0.3 is 0 Å². The molecule has 0 amide bonds. The highest BCUT2D eigenvalue weighted by Crippen LogP contribution is 2.28. The Morgan fingerprint density at radius 3 is 2.10 bits per heavy atom. The van der Waals surface area contributed by atoms with E-state index in [2.05, 4.69) is 50.2 Å². The molecule has 1 N–H and O–H groups in total. The van der Waals surface area contributed by atoms with Crippen LogP contribution in [0.2, 0.25) is 0 Å². The molecule has 0 saturated carbocycles. The van der Waals surface area contributed by atoms with E-state index in [1.807, 2.05) is 12.1 Å². The number of hydrogen-bond donors (Lipinski definition) is 1. The lowest BCUT2D eigenvalue weighted by molar-refractivity contribution is 0.204. The lowest BCUT2D eigenvalue weighted by atomic mass is 9.78. The van der Waals surface area contributed by atoms with E-state index < -0.39 is 0 Å². The fraction of sp³-hybridized carbons (Fsp3) is 0.333. The quantitative estimate of drug-likeness (QED) is 0.901. The molecule has 2 aromatic rings. The van der Waals surface area contributed by atoms with Crippen LogP contribution in [0.15, 0.2) is 48.5 Å². The van der Waals surface area contributed by atoms with Gasteiger partial charge in [-0.2, -0.15) is 0 Å². The van der Waals surface area contributed by atoms with E-state index >= 15 is 0 Å². The molecule has 0 fully saturated rings. The van der Waals surface area contributed by atoms with Crippen molar-refractivity contribution in [2.45, 2.75) is 25.7 Å². The Hall–Kier alpha value is -1.80. The normalized spacial score (nSPS) is 13.8. The first-order chi connectivity index (χ1) is 9.57. The van der Waals surface area contributed by atoms with Crippen LogP contribution in [0.25, 0.3) is 0 Å². The fourth-order valence-electron chi connectivity index (χ4n) is 2.40. The molecule has 1 atom stereocenters. The van der Waals surface area contributed by atoms with Crippen LogP contribution in [-0.2, 0) is 11.8 Å². The topological polar surface area (TPSA) is 29.5 Å². The van der Waals surface area contributed by atoms with Crippen LogP contribution < -0.4 is 4.74 Å². The SMILES string of the molecule is COc1ccc(CC(C)(CO)c2ccc(C)cc2)cc1. The second kappa shape index (κ2) is 6.10. The smallest absolute Gasteiger partial charge is 0.118 e. The largest absolute Gasteiger partial charge is 0.497 e. The molecule has 0 spiro atoms. The van der Waals surface area contributed by atoms with Gasteiger partial charge in [0.25, 0.3) is 0 Å². The number of aliphatic hydroxyl groups is 1. The Balaban J connectivity index is 2.23. The van der Waals surface area contributed by atoms with Crippen molar-refractivity contribution in [2.24, 2.45) is 0 Å². The third kappa shape index (κ3) is 3.20. The molecule has 0 bridgehead atoms. The second-order valence-electron chi connectivity index (χ2n) is 5.61. The van der Waals surface area contributed by atoms with Crippen LogP contribution in [0.5, 0.6) is 5.75 Å². The number of methoxy groups -OCH3 is 1. The van der Waals surface area contributed by atoms with Crippen LogP contribution in [0.3, 0.4) is 0 Å².